The molecule has 2 N–H and O–H groups in total. The van der Waals surface area contributed by atoms with Crippen molar-refractivity contribution in [3.8, 4) is 0 Å². The molecular weight excluding hydrogens is 208 g/mol. The highest BCUT2D eigenvalue weighted by Crippen LogP contribution is 2.26. The smallest absolute Gasteiger partial charge is 0.0652 e. The van der Waals surface area contributed by atoms with Crippen LogP contribution in [-0.2, 0) is 5.54 Å². The summed E-state index contributed by atoms with van der Waals surface area (Å²) in [5, 5.41) is 0. The normalized spacial score (nSPS) is 14.4. The Hall–Kier alpha value is -1.67. The highest BCUT2D eigenvalue weighted by Gasteiger charge is 2.23. The molecule has 0 saturated heterocycles. The number of benzene rings is 1. The largest absolute Gasteiger partial charge is 0.318 e. The van der Waals surface area contributed by atoms with Crippen molar-refractivity contribution in [1.82, 2.24) is 4.98 Å². The van der Waals surface area contributed by atoms with Gasteiger partial charge in [0.2, 0.25) is 0 Å². The van der Waals surface area contributed by atoms with E-state index in [-0.39, 0.29) is 0 Å². The molecule has 0 spiro atoms. The number of hydrogen-bond acceptors (Lipinski definition) is 2. The Kier molecular flexibility index (Phi) is 2.99. The van der Waals surface area contributed by atoms with Crippen molar-refractivity contribution in [2.75, 3.05) is 0 Å². The van der Waals surface area contributed by atoms with Gasteiger partial charge in [-0.15, -0.1) is 0 Å². The van der Waals surface area contributed by atoms with Gasteiger partial charge in [-0.1, -0.05) is 35.9 Å². The van der Waals surface area contributed by atoms with Gasteiger partial charge in [-0.25, -0.2) is 0 Å². The number of aryl methyl sites for hydroxylation is 2. The van der Waals surface area contributed by atoms with Crippen LogP contribution in [0.4, 0.5) is 0 Å². The number of nitrogens with zero attached hydrogens (tertiary/aromatic N) is 1. The number of nitrogens with two attached hydrogens (primary N) is 1. The average Bonchev–Trinajstić information content (AvgIpc) is 2.29. The van der Waals surface area contributed by atoms with Crippen LogP contribution in [0.5, 0.6) is 0 Å². The average molecular weight is 226 g/mol. The third-order valence-electron chi connectivity index (χ3n) is 3.13. The van der Waals surface area contributed by atoms with Gasteiger partial charge in [0.1, 0.15) is 0 Å². The first kappa shape index (κ1) is 11.8. The lowest BCUT2D eigenvalue weighted by molar-refractivity contribution is 0.599. The maximum absolute atomic E-state index is 6.44. The molecule has 2 aromatic rings. The van der Waals surface area contributed by atoms with Crippen LogP contribution in [-0.4, -0.2) is 4.98 Å². The van der Waals surface area contributed by atoms with Crippen molar-refractivity contribution in [1.29, 1.82) is 0 Å². The van der Waals surface area contributed by atoms with Crippen LogP contribution < -0.4 is 5.73 Å². The third kappa shape index (κ3) is 2.37. The monoisotopic (exact) mass is 226 g/mol. The maximum Gasteiger partial charge on any atom is 0.0652 e. The first-order valence-electron chi connectivity index (χ1n) is 5.78. The molecule has 0 bridgehead atoms. The minimum absolute atomic E-state index is 0.493. The number of rotatable bonds is 2. The van der Waals surface area contributed by atoms with E-state index < -0.39 is 5.54 Å². The van der Waals surface area contributed by atoms with Gasteiger partial charge >= 0.3 is 0 Å². The fourth-order valence-corrected chi connectivity index (χ4v) is 1.91. The molecule has 0 aliphatic heterocycles. The molecule has 1 aromatic heterocycles. The van der Waals surface area contributed by atoms with Gasteiger partial charge < -0.3 is 5.73 Å². The van der Waals surface area contributed by atoms with Crippen molar-refractivity contribution in [2.45, 2.75) is 26.3 Å². The molecule has 0 radical (unpaired) electrons. The summed E-state index contributed by atoms with van der Waals surface area (Å²) in [6.07, 6.45) is 3.68. The Labute approximate surface area is 103 Å². The lowest BCUT2D eigenvalue weighted by atomic mass is 9.86. The second-order valence-corrected chi connectivity index (χ2v) is 4.82. The topological polar surface area (TPSA) is 38.9 Å². The first-order valence-corrected chi connectivity index (χ1v) is 5.78. The molecule has 2 heteroatoms. The number of pyridine rings is 1. The van der Waals surface area contributed by atoms with Crippen molar-refractivity contribution in [3.05, 3.63) is 65.0 Å². The third-order valence-corrected chi connectivity index (χ3v) is 3.13. The highest BCUT2D eigenvalue weighted by atomic mass is 14.7. The van der Waals surface area contributed by atoms with E-state index in [9.17, 15) is 0 Å². The van der Waals surface area contributed by atoms with Gasteiger partial charge in [0.15, 0.2) is 0 Å². The van der Waals surface area contributed by atoms with Gasteiger partial charge in [0, 0.05) is 12.4 Å². The summed E-state index contributed by atoms with van der Waals surface area (Å²) < 4.78 is 0. The quantitative estimate of drug-likeness (QED) is 0.855. The van der Waals surface area contributed by atoms with Crippen LogP contribution in [0, 0.1) is 13.8 Å². The Morgan fingerprint density at radius 2 is 1.59 bits per heavy atom. The van der Waals surface area contributed by atoms with Crippen molar-refractivity contribution < 1.29 is 0 Å². The molecule has 0 aliphatic carbocycles. The molecule has 1 atom stereocenters. The minimum Gasteiger partial charge on any atom is -0.318 e. The molecule has 0 saturated carbocycles. The van der Waals surface area contributed by atoms with Crippen LogP contribution >= 0.6 is 0 Å². The SMILES string of the molecule is Cc1ccc(C(C)(N)c2cncc(C)c2)cc1. The van der Waals surface area contributed by atoms with Gasteiger partial charge in [-0.2, -0.15) is 0 Å². The van der Waals surface area contributed by atoms with E-state index in [0.29, 0.717) is 0 Å². The molecule has 2 nitrogen and oxygen atoms in total. The van der Waals surface area contributed by atoms with Crippen LogP contribution in [0.15, 0.2) is 42.7 Å². The zero-order valence-corrected chi connectivity index (χ0v) is 10.6. The fourth-order valence-electron chi connectivity index (χ4n) is 1.91. The molecule has 0 fully saturated rings. The standard InChI is InChI=1S/C15H18N2/c1-11-4-6-13(7-5-11)15(3,16)14-8-12(2)9-17-10-14/h4-10H,16H2,1-3H3. The van der Waals surface area contributed by atoms with Crippen LogP contribution in [0.1, 0.15) is 29.2 Å². The van der Waals surface area contributed by atoms with E-state index in [0.717, 1.165) is 16.7 Å². The Morgan fingerprint density at radius 1 is 0.941 bits per heavy atom. The summed E-state index contributed by atoms with van der Waals surface area (Å²) in [5.74, 6) is 0. The van der Waals surface area contributed by atoms with Gasteiger partial charge in [-0.3, -0.25) is 4.98 Å². The van der Waals surface area contributed by atoms with E-state index in [1.807, 2.05) is 26.2 Å². The summed E-state index contributed by atoms with van der Waals surface area (Å²) in [6, 6.07) is 10.4. The van der Waals surface area contributed by atoms with Crippen molar-refractivity contribution in [3.63, 3.8) is 0 Å². The molecule has 0 aliphatic rings. The lowest BCUT2D eigenvalue weighted by Gasteiger charge is -2.26. The van der Waals surface area contributed by atoms with Crippen LogP contribution in [0.2, 0.25) is 0 Å². The molecule has 1 aromatic carbocycles. The molecule has 1 heterocycles. The van der Waals surface area contributed by atoms with E-state index in [1.165, 1.54) is 5.56 Å². The predicted molar refractivity (Wildman–Crippen MR) is 70.8 cm³/mol. The van der Waals surface area contributed by atoms with Gasteiger partial charge in [-0.05, 0) is 37.5 Å². The molecular formula is C15H18N2. The fraction of sp³-hybridized carbons (Fsp3) is 0.267. The zero-order chi connectivity index (χ0) is 12.5. The highest BCUT2D eigenvalue weighted by molar-refractivity contribution is 5.37. The van der Waals surface area contributed by atoms with E-state index >= 15 is 0 Å². The Morgan fingerprint density at radius 3 is 2.18 bits per heavy atom. The van der Waals surface area contributed by atoms with Crippen molar-refractivity contribution in [2.24, 2.45) is 5.73 Å². The molecule has 88 valence electrons. The van der Waals surface area contributed by atoms with Gasteiger partial charge in [0.05, 0.1) is 5.54 Å². The second-order valence-electron chi connectivity index (χ2n) is 4.82. The number of hydrogen-bond donors (Lipinski definition) is 1. The summed E-state index contributed by atoms with van der Waals surface area (Å²) in [5.41, 5.74) is 10.5. The molecule has 17 heavy (non-hydrogen) atoms. The maximum atomic E-state index is 6.44. The summed E-state index contributed by atoms with van der Waals surface area (Å²) in [6.45, 7) is 6.13. The van der Waals surface area contributed by atoms with Crippen LogP contribution in [0.3, 0.4) is 0 Å². The van der Waals surface area contributed by atoms with E-state index in [1.54, 1.807) is 0 Å². The molecule has 1 unspecified atom stereocenters. The summed E-state index contributed by atoms with van der Waals surface area (Å²) in [4.78, 5) is 4.21. The minimum atomic E-state index is -0.493. The lowest BCUT2D eigenvalue weighted by Crippen LogP contribution is -2.34. The van der Waals surface area contributed by atoms with Gasteiger partial charge in [0.25, 0.3) is 0 Å². The van der Waals surface area contributed by atoms with E-state index in [4.69, 9.17) is 5.73 Å². The zero-order valence-electron chi connectivity index (χ0n) is 10.6. The van der Waals surface area contributed by atoms with Crippen LogP contribution in [0.25, 0.3) is 0 Å². The first-order chi connectivity index (χ1) is 8.00. The predicted octanol–water partition coefficient (Wildman–Crippen LogP) is 2.92. The van der Waals surface area contributed by atoms with Crippen molar-refractivity contribution >= 4 is 0 Å². The Balaban J connectivity index is 2.45. The second kappa shape index (κ2) is 4.30. The summed E-state index contributed by atoms with van der Waals surface area (Å²) in [7, 11) is 0. The molecule has 0 amide bonds. The van der Waals surface area contributed by atoms with E-state index in [2.05, 4.69) is 42.2 Å². The summed E-state index contributed by atoms with van der Waals surface area (Å²) >= 11 is 0. The number of aromatic nitrogens is 1. The molecule has 2 rings (SSSR count). The Bertz CT molecular complexity index is 513.